The Hall–Kier alpha value is -0.390. The fraction of sp³-hybridized carbons (Fsp3) is 0.667. The Morgan fingerprint density at radius 3 is 3.05 bits per heavy atom. The SMILES string of the molecule is CC1(C)CN(C(=O)c2cc3c(s2)CCC3)CC(CBr)O1. The molecule has 1 aliphatic heterocycles. The Kier molecular flexibility index (Phi) is 3.95. The Labute approximate surface area is 132 Å². The van der Waals surface area contributed by atoms with Gasteiger partial charge in [-0.2, -0.15) is 0 Å². The molecule has 0 radical (unpaired) electrons. The van der Waals surface area contributed by atoms with Crippen LogP contribution in [0.15, 0.2) is 6.07 Å². The average molecular weight is 358 g/mol. The number of hydrogen-bond donors (Lipinski definition) is 0. The summed E-state index contributed by atoms with van der Waals surface area (Å²) in [5, 5.41) is 0.765. The zero-order valence-corrected chi connectivity index (χ0v) is 14.3. The number of thiophene rings is 1. The van der Waals surface area contributed by atoms with Crippen molar-refractivity contribution in [2.75, 3.05) is 18.4 Å². The lowest BCUT2D eigenvalue weighted by atomic mass is 10.1. The molecule has 3 nitrogen and oxygen atoms in total. The van der Waals surface area contributed by atoms with E-state index in [2.05, 4.69) is 35.8 Å². The van der Waals surface area contributed by atoms with Gasteiger partial charge >= 0.3 is 0 Å². The lowest BCUT2D eigenvalue weighted by Gasteiger charge is -2.42. The molecule has 0 spiro atoms. The Morgan fingerprint density at radius 2 is 2.35 bits per heavy atom. The number of carbonyl (C=O) groups excluding carboxylic acids is 1. The van der Waals surface area contributed by atoms with Gasteiger partial charge in [-0.1, -0.05) is 15.9 Å². The van der Waals surface area contributed by atoms with E-state index in [1.165, 1.54) is 16.9 Å². The van der Waals surface area contributed by atoms with Crippen molar-refractivity contribution in [3.63, 3.8) is 0 Å². The van der Waals surface area contributed by atoms with Crippen LogP contribution < -0.4 is 0 Å². The van der Waals surface area contributed by atoms with E-state index in [4.69, 9.17) is 4.74 Å². The first-order chi connectivity index (χ1) is 9.48. The molecule has 1 aliphatic carbocycles. The van der Waals surface area contributed by atoms with Crippen molar-refractivity contribution in [1.82, 2.24) is 4.90 Å². The van der Waals surface area contributed by atoms with Crippen LogP contribution in [0.4, 0.5) is 0 Å². The number of nitrogens with zero attached hydrogens (tertiary/aromatic N) is 1. The van der Waals surface area contributed by atoms with E-state index >= 15 is 0 Å². The highest BCUT2D eigenvalue weighted by Crippen LogP contribution is 2.32. The molecular formula is C15H20BrNO2S. The molecule has 110 valence electrons. The maximum atomic E-state index is 12.7. The number of amides is 1. The van der Waals surface area contributed by atoms with Crippen molar-refractivity contribution in [3.05, 3.63) is 21.4 Å². The quantitative estimate of drug-likeness (QED) is 0.760. The van der Waals surface area contributed by atoms with Gasteiger partial charge in [-0.25, -0.2) is 0 Å². The average Bonchev–Trinajstić information content (AvgIpc) is 2.96. The molecule has 3 rings (SSSR count). The number of rotatable bonds is 2. The lowest BCUT2D eigenvalue weighted by Crippen LogP contribution is -2.55. The molecule has 20 heavy (non-hydrogen) atoms. The molecule has 0 aromatic carbocycles. The fourth-order valence-electron chi connectivity index (χ4n) is 3.12. The molecule has 1 unspecified atom stereocenters. The minimum absolute atomic E-state index is 0.0782. The third kappa shape index (κ3) is 2.81. The van der Waals surface area contributed by atoms with Crippen LogP contribution in [0.5, 0.6) is 0 Å². The highest BCUT2D eigenvalue weighted by molar-refractivity contribution is 9.09. The van der Waals surface area contributed by atoms with Gasteiger partial charge in [0, 0.05) is 23.3 Å². The van der Waals surface area contributed by atoms with E-state index in [9.17, 15) is 4.79 Å². The third-order valence-corrected chi connectivity index (χ3v) is 5.85. The molecule has 1 aromatic heterocycles. The Bertz CT molecular complexity index is 504. The Balaban J connectivity index is 1.78. The predicted octanol–water partition coefficient (Wildman–Crippen LogP) is 3.25. The fourth-order valence-corrected chi connectivity index (χ4v) is 4.68. The normalized spacial score (nSPS) is 24.8. The van der Waals surface area contributed by atoms with E-state index in [0.29, 0.717) is 13.1 Å². The summed E-state index contributed by atoms with van der Waals surface area (Å²) >= 11 is 5.16. The van der Waals surface area contributed by atoms with Crippen LogP contribution in [0.2, 0.25) is 0 Å². The van der Waals surface area contributed by atoms with Crippen molar-refractivity contribution < 1.29 is 9.53 Å². The van der Waals surface area contributed by atoms with Gasteiger partial charge in [-0.15, -0.1) is 11.3 Å². The number of morpholine rings is 1. The zero-order chi connectivity index (χ0) is 14.3. The largest absolute Gasteiger partial charge is 0.368 e. The monoisotopic (exact) mass is 357 g/mol. The molecule has 1 amide bonds. The van der Waals surface area contributed by atoms with Gasteiger partial charge in [-0.05, 0) is 44.7 Å². The highest BCUT2D eigenvalue weighted by atomic mass is 79.9. The first kappa shape index (κ1) is 14.5. The van der Waals surface area contributed by atoms with Crippen LogP contribution in [-0.2, 0) is 17.6 Å². The number of ether oxygens (including phenoxy) is 1. The summed E-state index contributed by atoms with van der Waals surface area (Å²) in [5.74, 6) is 0.173. The van der Waals surface area contributed by atoms with Crippen molar-refractivity contribution in [3.8, 4) is 0 Å². The molecule has 1 saturated heterocycles. The summed E-state index contributed by atoms with van der Waals surface area (Å²) in [5.41, 5.74) is 1.12. The number of carbonyl (C=O) groups is 1. The number of fused-ring (bicyclic) bond motifs is 1. The Morgan fingerprint density at radius 1 is 1.55 bits per heavy atom. The number of halogens is 1. The second-order valence-corrected chi connectivity index (χ2v) is 8.04. The van der Waals surface area contributed by atoms with Crippen LogP contribution >= 0.6 is 27.3 Å². The van der Waals surface area contributed by atoms with Crippen LogP contribution in [0.1, 0.15) is 40.4 Å². The zero-order valence-electron chi connectivity index (χ0n) is 11.9. The highest BCUT2D eigenvalue weighted by Gasteiger charge is 2.36. The van der Waals surface area contributed by atoms with Crippen molar-refractivity contribution in [2.24, 2.45) is 0 Å². The summed E-state index contributed by atoms with van der Waals surface area (Å²) in [7, 11) is 0. The molecule has 5 heteroatoms. The smallest absolute Gasteiger partial charge is 0.264 e. The second kappa shape index (κ2) is 5.43. The van der Waals surface area contributed by atoms with Crippen LogP contribution in [0.3, 0.4) is 0 Å². The van der Waals surface area contributed by atoms with Crippen molar-refractivity contribution >= 4 is 33.2 Å². The number of aryl methyl sites for hydroxylation is 2. The standard InChI is InChI=1S/C15H20BrNO2S/c1-15(2)9-17(8-11(7-16)19-15)14(18)13-6-10-4-3-5-12(10)20-13/h6,11H,3-5,7-9H2,1-2H3. The van der Waals surface area contributed by atoms with Crippen LogP contribution in [0, 0.1) is 0 Å². The maximum absolute atomic E-state index is 12.7. The van der Waals surface area contributed by atoms with Gasteiger partial charge in [0.1, 0.15) is 0 Å². The summed E-state index contributed by atoms with van der Waals surface area (Å²) in [4.78, 5) is 17.0. The molecule has 2 aliphatic rings. The van der Waals surface area contributed by atoms with Gasteiger partial charge < -0.3 is 9.64 Å². The second-order valence-electron chi connectivity index (χ2n) is 6.25. The van der Waals surface area contributed by atoms with Gasteiger partial charge in [0.25, 0.3) is 5.91 Å². The van der Waals surface area contributed by atoms with E-state index < -0.39 is 0 Å². The predicted molar refractivity (Wildman–Crippen MR) is 85.0 cm³/mol. The number of alkyl halides is 1. The molecule has 1 fully saturated rings. The third-order valence-electron chi connectivity index (χ3n) is 3.90. The van der Waals surface area contributed by atoms with Gasteiger partial charge in [0.2, 0.25) is 0 Å². The van der Waals surface area contributed by atoms with Gasteiger partial charge in [0.05, 0.1) is 16.6 Å². The molecule has 0 N–H and O–H groups in total. The van der Waals surface area contributed by atoms with E-state index in [0.717, 1.165) is 23.0 Å². The summed E-state index contributed by atoms with van der Waals surface area (Å²) in [6, 6.07) is 2.11. The molecule has 0 bridgehead atoms. The van der Waals surface area contributed by atoms with Gasteiger partial charge in [-0.3, -0.25) is 4.79 Å². The molecular weight excluding hydrogens is 338 g/mol. The molecule has 0 saturated carbocycles. The minimum atomic E-state index is -0.271. The van der Waals surface area contributed by atoms with E-state index in [1.807, 2.05) is 4.90 Å². The molecule has 1 atom stereocenters. The lowest BCUT2D eigenvalue weighted by molar-refractivity contribution is -0.116. The maximum Gasteiger partial charge on any atom is 0.264 e. The minimum Gasteiger partial charge on any atom is -0.368 e. The van der Waals surface area contributed by atoms with Crippen molar-refractivity contribution in [2.45, 2.75) is 44.8 Å². The van der Waals surface area contributed by atoms with Crippen LogP contribution in [-0.4, -0.2) is 40.9 Å². The first-order valence-corrected chi connectivity index (χ1v) is 9.07. The molecule has 1 aromatic rings. The topological polar surface area (TPSA) is 29.5 Å². The van der Waals surface area contributed by atoms with Crippen molar-refractivity contribution in [1.29, 1.82) is 0 Å². The van der Waals surface area contributed by atoms with E-state index in [-0.39, 0.29) is 17.6 Å². The summed E-state index contributed by atoms with van der Waals surface area (Å²) in [6.07, 6.45) is 3.60. The van der Waals surface area contributed by atoms with Gasteiger partial charge in [0.15, 0.2) is 0 Å². The van der Waals surface area contributed by atoms with Crippen LogP contribution in [0.25, 0.3) is 0 Å². The number of hydrogen-bond acceptors (Lipinski definition) is 3. The summed E-state index contributed by atoms with van der Waals surface area (Å²) < 4.78 is 5.96. The molecule has 2 heterocycles. The first-order valence-electron chi connectivity index (χ1n) is 7.13. The van der Waals surface area contributed by atoms with E-state index in [1.54, 1.807) is 11.3 Å². The summed E-state index contributed by atoms with van der Waals surface area (Å²) in [6.45, 7) is 5.45.